The van der Waals surface area contributed by atoms with Crippen molar-refractivity contribution in [1.82, 2.24) is 25.9 Å². The predicted octanol–water partition coefficient (Wildman–Crippen LogP) is 2.68. The number of allylic oxidation sites excluding steroid dienone is 1. The number of benzene rings is 1. The van der Waals surface area contributed by atoms with Gasteiger partial charge in [0.15, 0.2) is 0 Å². The van der Waals surface area contributed by atoms with Gasteiger partial charge in [-0.1, -0.05) is 12.1 Å². The molecule has 2 rings (SSSR count). The van der Waals surface area contributed by atoms with Gasteiger partial charge < -0.3 is 32.1 Å². The molecule has 176 valence electrons. The Labute approximate surface area is 199 Å². The van der Waals surface area contributed by atoms with Crippen LogP contribution in [-0.4, -0.2) is 40.9 Å². The predicted molar refractivity (Wildman–Crippen MR) is 133 cm³/mol. The number of nitrogens with one attached hydrogen (secondary N) is 6. The zero-order valence-electron chi connectivity index (χ0n) is 19.7. The van der Waals surface area contributed by atoms with Crippen molar-refractivity contribution in [3.8, 4) is 17.3 Å². The Morgan fingerprint density at radius 1 is 1.18 bits per heavy atom. The lowest BCUT2D eigenvalue weighted by molar-refractivity contribution is -0.117. The summed E-state index contributed by atoms with van der Waals surface area (Å²) in [6, 6.07) is 9.15. The van der Waals surface area contributed by atoms with Gasteiger partial charge in [-0.15, -0.1) is 0 Å². The Morgan fingerprint density at radius 2 is 1.94 bits per heavy atom. The number of hydrogen-bond acceptors (Lipinski definition) is 9. The second-order valence-electron chi connectivity index (χ2n) is 8.23. The van der Waals surface area contributed by atoms with Crippen LogP contribution in [0.2, 0.25) is 0 Å². The summed E-state index contributed by atoms with van der Waals surface area (Å²) in [7, 11) is 1.72. The fraction of sp³-hybridized carbons (Fsp3) is 0.250. The van der Waals surface area contributed by atoms with Crippen LogP contribution in [0.1, 0.15) is 31.9 Å². The van der Waals surface area contributed by atoms with E-state index in [4.69, 9.17) is 10.8 Å². The lowest BCUT2D eigenvalue weighted by Gasteiger charge is -2.19. The summed E-state index contributed by atoms with van der Waals surface area (Å²) in [5, 5.41) is 36.2. The summed E-state index contributed by atoms with van der Waals surface area (Å²) >= 11 is 0. The number of carbonyl (C=O) groups is 1. The highest BCUT2D eigenvalue weighted by Crippen LogP contribution is 2.22. The van der Waals surface area contributed by atoms with Crippen molar-refractivity contribution in [2.75, 3.05) is 12.4 Å². The zero-order valence-corrected chi connectivity index (χ0v) is 19.7. The molecular formula is C24H29N9O. The van der Waals surface area contributed by atoms with E-state index >= 15 is 0 Å². The van der Waals surface area contributed by atoms with Crippen LogP contribution in [0.15, 0.2) is 54.1 Å². The molecular weight excluding hydrogens is 430 g/mol. The molecule has 1 aromatic carbocycles. The number of nitrogens with zero attached hydrogens (tertiary/aromatic N) is 3. The fourth-order valence-corrected chi connectivity index (χ4v) is 2.72. The minimum Gasteiger partial charge on any atom is -0.392 e. The van der Waals surface area contributed by atoms with Crippen molar-refractivity contribution in [2.24, 2.45) is 0 Å². The second-order valence-corrected chi connectivity index (χ2v) is 8.23. The molecule has 10 heteroatoms. The highest BCUT2D eigenvalue weighted by Gasteiger charge is 2.13. The molecule has 0 saturated heterocycles. The molecule has 0 spiro atoms. The van der Waals surface area contributed by atoms with Gasteiger partial charge in [0.25, 0.3) is 5.91 Å². The maximum atomic E-state index is 12.4. The number of aromatic nitrogens is 2. The van der Waals surface area contributed by atoms with Crippen LogP contribution in [-0.2, 0) is 11.3 Å². The van der Waals surface area contributed by atoms with Crippen LogP contribution in [0.25, 0.3) is 11.3 Å². The molecule has 0 unspecified atom stereocenters. The van der Waals surface area contributed by atoms with E-state index in [1.165, 1.54) is 6.20 Å². The molecule has 0 aliphatic heterocycles. The van der Waals surface area contributed by atoms with Gasteiger partial charge in [0, 0.05) is 55.7 Å². The molecule has 1 aromatic heterocycles. The van der Waals surface area contributed by atoms with Crippen molar-refractivity contribution >= 4 is 24.3 Å². The van der Waals surface area contributed by atoms with E-state index in [2.05, 4.69) is 37.3 Å². The molecule has 0 bridgehead atoms. The number of hydrogen-bond donors (Lipinski definition) is 6. The third-order valence-corrected chi connectivity index (χ3v) is 4.41. The summed E-state index contributed by atoms with van der Waals surface area (Å²) in [6.45, 7) is 5.99. The minimum absolute atomic E-state index is 0.136. The van der Waals surface area contributed by atoms with Crippen LogP contribution in [0.5, 0.6) is 0 Å². The Hall–Kier alpha value is -4.52. The van der Waals surface area contributed by atoms with Crippen molar-refractivity contribution in [3.05, 3.63) is 65.3 Å². The SMILES string of the molecule is CN/C=C(\C=N)Nc1nccc(-c2ccc(CNC(=O)/C(C=N)=C/NC(C)(C)C)c(C#N)c2)n1. The number of rotatable bonds is 10. The average molecular weight is 460 g/mol. The molecule has 0 aliphatic carbocycles. The monoisotopic (exact) mass is 459 g/mol. The van der Waals surface area contributed by atoms with E-state index in [0.29, 0.717) is 34.0 Å². The van der Waals surface area contributed by atoms with Gasteiger partial charge in [0.2, 0.25) is 5.95 Å². The number of carbonyl (C=O) groups excluding carboxylic acids is 1. The van der Waals surface area contributed by atoms with E-state index < -0.39 is 5.91 Å². The summed E-state index contributed by atoms with van der Waals surface area (Å²) < 4.78 is 0. The second kappa shape index (κ2) is 11.9. The molecule has 1 amide bonds. The number of amides is 1. The maximum Gasteiger partial charge on any atom is 0.254 e. The minimum atomic E-state index is -0.414. The molecule has 34 heavy (non-hydrogen) atoms. The van der Waals surface area contributed by atoms with Gasteiger partial charge in [-0.3, -0.25) is 4.79 Å². The van der Waals surface area contributed by atoms with Gasteiger partial charge in [-0.25, -0.2) is 9.97 Å². The van der Waals surface area contributed by atoms with Crippen molar-refractivity contribution < 1.29 is 4.79 Å². The first kappa shape index (κ1) is 25.7. The summed E-state index contributed by atoms with van der Waals surface area (Å²) in [5.41, 5.74) is 2.78. The van der Waals surface area contributed by atoms with Gasteiger partial charge in [-0.2, -0.15) is 5.26 Å². The standard InChI is InChI=1S/C24H29N9O/c1-24(2,3)31-14-19(11-26)22(34)30-13-17-6-5-16(9-18(17)10-25)21-7-8-29-23(33-21)32-20(12-27)15-28-4/h5-9,11-12,14-15,26-28,31H,13H2,1-4H3,(H,30,34)(H,29,32,33)/b19-14+,20-15+,26-11?,27-12?. The molecule has 10 nitrogen and oxygen atoms in total. The summed E-state index contributed by atoms with van der Waals surface area (Å²) in [6.07, 6.45) is 6.83. The van der Waals surface area contributed by atoms with Gasteiger partial charge in [0.05, 0.1) is 28.6 Å². The quantitative estimate of drug-likeness (QED) is 0.235. The topological polar surface area (TPSA) is 162 Å². The first-order valence-electron chi connectivity index (χ1n) is 10.5. The van der Waals surface area contributed by atoms with E-state index in [0.717, 1.165) is 12.4 Å². The smallest absolute Gasteiger partial charge is 0.254 e. The summed E-state index contributed by atoms with van der Waals surface area (Å²) in [4.78, 5) is 21.1. The molecule has 0 atom stereocenters. The number of nitriles is 1. The van der Waals surface area contributed by atoms with Crippen LogP contribution in [0.4, 0.5) is 5.95 Å². The molecule has 6 N–H and O–H groups in total. The Morgan fingerprint density at radius 3 is 2.56 bits per heavy atom. The van der Waals surface area contributed by atoms with E-state index in [9.17, 15) is 10.1 Å². The molecule has 0 saturated carbocycles. The van der Waals surface area contributed by atoms with Gasteiger partial charge in [0.1, 0.15) is 0 Å². The first-order valence-corrected chi connectivity index (χ1v) is 10.5. The highest BCUT2D eigenvalue weighted by atomic mass is 16.1. The third kappa shape index (κ3) is 7.56. The zero-order chi connectivity index (χ0) is 25.1. The molecule has 0 aliphatic rings. The number of anilines is 1. The summed E-state index contributed by atoms with van der Waals surface area (Å²) in [5.74, 6) is -0.102. The highest BCUT2D eigenvalue weighted by molar-refractivity contribution is 6.11. The first-order chi connectivity index (χ1) is 16.2. The van der Waals surface area contributed by atoms with Crippen molar-refractivity contribution in [3.63, 3.8) is 0 Å². The maximum absolute atomic E-state index is 12.4. The van der Waals surface area contributed by atoms with Crippen LogP contribution in [0.3, 0.4) is 0 Å². The van der Waals surface area contributed by atoms with Crippen LogP contribution < -0.4 is 21.3 Å². The Balaban J connectivity index is 2.19. The van der Waals surface area contributed by atoms with E-state index in [-0.39, 0.29) is 17.7 Å². The largest absolute Gasteiger partial charge is 0.392 e. The van der Waals surface area contributed by atoms with E-state index in [1.807, 2.05) is 26.8 Å². The molecule has 1 heterocycles. The fourth-order valence-electron chi connectivity index (χ4n) is 2.72. The third-order valence-electron chi connectivity index (χ3n) is 4.41. The van der Waals surface area contributed by atoms with Gasteiger partial charge >= 0.3 is 0 Å². The lowest BCUT2D eigenvalue weighted by atomic mass is 10.0. The average Bonchev–Trinajstić information content (AvgIpc) is 2.82. The van der Waals surface area contributed by atoms with E-state index in [1.54, 1.807) is 37.6 Å². The van der Waals surface area contributed by atoms with Crippen molar-refractivity contribution in [1.29, 1.82) is 16.1 Å². The molecule has 2 aromatic rings. The Bertz CT molecular complexity index is 1150. The van der Waals surface area contributed by atoms with Gasteiger partial charge in [-0.05, 0) is 38.5 Å². The molecule has 0 radical (unpaired) electrons. The lowest BCUT2D eigenvalue weighted by Crippen LogP contribution is -2.33. The van der Waals surface area contributed by atoms with Crippen LogP contribution in [0, 0.1) is 22.1 Å². The Kier molecular flexibility index (Phi) is 9.02. The molecule has 0 fully saturated rings. The normalized spacial score (nSPS) is 11.7. The van der Waals surface area contributed by atoms with Crippen molar-refractivity contribution in [2.45, 2.75) is 32.9 Å². The van der Waals surface area contributed by atoms with Crippen LogP contribution >= 0.6 is 0 Å².